The van der Waals surface area contributed by atoms with Gasteiger partial charge in [0.15, 0.2) is 0 Å². The molecule has 2 aromatic rings. The molecule has 0 aromatic heterocycles. The van der Waals surface area contributed by atoms with Crippen molar-refractivity contribution in [3.05, 3.63) is 65.2 Å². The van der Waals surface area contributed by atoms with Crippen LogP contribution in [0.15, 0.2) is 48.5 Å². The van der Waals surface area contributed by atoms with Crippen molar-refractivity contribution in [3.63, 3.8) is 0 Å². The van der Waals surface area contributed by atoms with Gasteiger partial charge in [-0.1, -0.05) is 24.3 Å². The van der Waals surface area contributed by atoms with Crippen LogP contribution in [0.2, 0.25) is 0 Å². The molecule has 3 aliphatic rings. The zero-order chi connectivity index (χ0) is 24.2. The van der Waals surface area contributed by atoms with Crippen LogP contribution in [-0.4, -0.2) is 68.7 Å². The lowest BCUT2D eigenvalue weighted by molar-refractivity contribution is -0.166. The Morgan fingerprint density at radius 2 is 1.68 bits per heavy atom. The molecule has 0 N–H and O–H groups in total. The number of nitrogens with zero attached hydrogens (tertiary/aromatic N) is 2. The summed E-state index contributed by atoms with van der Waals surface area (Å²) in [5.74, 6) is -1.29. The SMILES string of the molecule is COc1ccc(COC(=O)C2N3C(=O)C(N4C(=O)c5ccccc5C4=O)[C@H]3S[C@@]2(C)CCl)cc1. The zero-order valence-corrected chi connectivity index (χ0v) is 20.0. The van der Waals surface area contributed by atoms with Crippen LogP contribution < -0.4 is 4.74 Å². The molecule has 2 aromatic carbocycles. The lowest BCUT2D eigenvalue weighted by Crippen LogP contribution is -2.71. The quantitative estimate of drug-likeness (QED) is 0.260. The number of benzene rings is 2. The van der Waals surface area contributed by atoms with E-state index in [1.807, 2.05) is 0 Å². The highest BCUT2D eigenvalue weighted by Gasteiger charge is 2.68. The third-order valence-electron chi connectivity index (χ3n) is 6.43. The molecule has 2 fully saturated rings. The van der Waals surface area contributed by atoms with Gasteiger partial charge >= 0.3 is 5.97 Å². The number of fused-ring (bicyclic) bond motifs is 2. The number of rotatable bonds is 6. The van der Waals surface area contributed by atoms with Gasteiger partial charge in [-0.3, -0.25) is 19.3 Å². The number of thioether (sulfide) groups is 1. The minimum absolute atomic E-state index is 0.0247. The number of amides is 3. The van der Waals surface area contributed by atoms with Gasteiger partial charge in [0, 0.05) is 5.88 Å². The van der Waals surface area contributed by atoms with Gasteiger partial charge in [0.1, 0.15) is 29.8 Å². The lowest BCUT2D eigenvalue weighted by Gasteiger charge is -2.46. The van der Waals surface area contributed by atoms with Gasteiger partial charge in [0.05, 0.1) is 23.0 Å². The summed E-state index contributed by atoms with van der Waals surface area (Å²) >= 11 is 7.57. The van der Waals surface area contributed by atoms with Crippen molar-refractivity contribution in [1.82, 2.24) is 9.80 Å². The minimum Gasteiger partial charge on any atom is -0.497 e. The second kappa shape index (κ2) is 8.32. The normalized spacial score (nSPS) is 27.4. The number of imide groups is 1. The predicted molar refractivity (Wildman–Crippen MR) is 125 cm³/mol. The van der Waals surface area contributed by atoms with Gasteiger partial charge in [-0.05, 0) is 36.8 Å². The van der Waals surface area contributed by atoms with Crippen LogP contribution in [-0.2, 0) is 20.9 Å². The fourth-order valence-corrected chi connectivity index (χ4v) is 6.62. The summed E-state index contributed by atoms with van der Waals surface area (Å²) in [6, 6.07) is 11.7. The molecule has 8 nitrogen and oxygen atoms in total. The topological polar surface area (TPSA) is 93.2 Å². The maximum absolute atomic E-state index is 13.2. The molecule has 0 aliphatic carbocycles. The Morgan fingerprint density at radius 3 is 2.24 bits per heavy atom. The van der Waals surface area contributed by atoms with Gasteiger partial charge in [-0.15, -0.1) is 23.4 Å². The van der Waals surface area contributed by atoms with Crippen molar-refractivity contribution in [3.8, 4) is 5.75 Å². The number of β-lactam (4-membered cyclic amide) rings is 1. The number of carbonyl (C=O) groups excluding carboxylic acids is 4. The number of alkyl halides is 1. The average Bonchev–Trinajstić information content (AvgIpc) is 3.28. The molecule has 0 spiro atoms. The molecule has 10 heteroatoms. The first-order valence-electron chi connectivity index (χ1n) is 10.6. The van der Waals surface area contributed by atoms with Crippen molar-refractivity contribution in [2.45, 2.75) is 35.7 Å². The van der Waals surface area contributed by atoms with E-state index in [0.29, 0.717) is 5.75 Å². The summed E-state index contributed by atoms with van der Waals surface area (Å²) in [5, 5.41) is -0.572. The number of carbonyl (C=O) groups is 4. The smallest absolute Gasteiger partial charge is 0.330 e. The van der Waals surface area contributed by atoms with Crippen LogP contribution in [0, 0.1) is 0 Å². The first-order chi connectivity index (χ1) is 16.3. The van der Waals surface area contributed by atoms with Crippen LogP contribution in [0.3, 0.4) is 0 Å². The summed E-state index contributed by atoms with van der Waals surface area (Å²) in [4.78, 5) is 54.6. The monoisotopic (exact) mass is 500 g/mol. The molecule has 176 valence electrons. The molecule has 34 heavy (non-hydrogen) atoms. The molecule has 3 aliphatic heterocycles. The van der Waals surface area contributed by atoms with Crippen LogP contribution in [0.4, 0.5) is 0 Å². The summed E-state index contributed by atoms with van der Waals surface area (Å²) in [6.07, 6.45) is 0. The summed E-state index contributed by atoms with van der Waals surface area (Å²) in [5.41, 5.74) is 1.32. The van der Waals surface area contributed by atoms with Crippen LogP contribution in [0.25, 0.3) is 0 Å². The Hall–Kier alpha value is -3.04. The number of halogens is 1. The first-order valence-corrected chi connectivity index (χ1v) is 12.0. The van der Waals surface area contributed by atoms with E-state index in [-0.39, 0.29) is 23.6 Å². The highest BCUT2D eigenvalue weighted by atomic mass is 35.5. The second-order valence-corrected chi connectivity index (χ2v) is 10.4. The maximum Gasteiger partial charge on any atom is 0.330 e. The van der Waals surface area contributed by atoms with E-state index in [0.717, 1.165) is 10.5 Å². The van der Waals surface area contributed by atoms with Crippen molar-refractivity contribution in [1.29, 1.82) is 0 Å². The van der Waals surface area contributed by atoms with Gasteiger partial charge in [0.2, 0.25) is 0 Å². The second-order valence-electron chi connectivity index (χ2n) is 8.53. The number of methoxy groups -OCH3 is 1. The van der Waals surface area contributed by atoms with Crippen LogP contribution in [0.5, 0.6) is 5.75 Å². The van der Waals surface area contributed by atoms with Crippen molar-refractivity contribution in [2.24, 2.45) is 0 Å². The Morgan fingerprint density at radius 1 is 1.06 bits per heavy atom. The van der Waals surface area contributed by atoms with E-state index >= 15 is 0 Å². The number of esters is 1. The van der Waals surface area contributed by atoms with E-state index in [4.69, 9.17) is 21.1 Å². The Labute approximate surface area is 205 Å². The number of ether oxygens (including phenoxy) is 2. The third-order valence-corrected chi connectivity index (χ3v) is 8.78. The standard InChI is InChI=1S/C24H21ClN2O6S/c1-24(12-25)18(23(31)33-11-13-7-9-14(32-2)10-8-13)27-21(30)17(22(27)34-24)26-19(28)15-5-3-4-6-16(15)20(26)29/h3-10,17-18,22H,11-12H2,1-2H3/t17?,18?,22-,24+/m1/s1. The summed E-state index contributed by atoms with van der Waals surface area (Å²) in [6.45, 7) is 1.81. The third kappa shape index (κ3) is 3.29. The lowest BCUT2D eigenvalue weighted by atomic mass is 9.95. The molecule has 3 heterocycles. The van der Waals surface area contributed by atoms with Crippen molar-refractivity contribution < 1.29 is 28.7 Å². The van der Waals surface area contributed by atoms with Gasteiger partial charge in [-0.25, -0.2) is 4.79 Å². The molecule has 4 atom stereocenters. The molecule has 0 bridgehead atoms. The van der Waals surface area contributed by atoms with Gasteiger partial charge in [0.25, 0.3) is 17.7 Å². The minimum atomic E-state index is -0.987. The van der Waals surface area contributed by atoms with E-state index in [9.17, 15) is 19.2 Å². The van der Waals surface area contributed by atoms with Crippen molar-refractivity contribution in [2.75, 3.05) is 13.0 Å². The maximum atomic E-state index is 13.2. The molecule has 5 rings (SSSR count). The van der Waals surface area contributed by atoms with E-state index < -0.39 is 45.9 Å². The van der Waals surface area contributed by atoms with Crippen LogP contribution >= 0.6 is 23.4 Å². The molecule has 0 saturated carbocycles. The van der Waals surface area contributed by atoms with E-state index in [2.05, 4.69) is 0 Å². The fraction of sp³-hybridized carbons (Fsp3) is 0.333. The largest absolute Gasteiger partial charge is 0.497 e. The molecular weight excluding hydrogens is 480 g/mol. The predicted octanol–water partition coefficient (Wildman–Crippen LogP) is 2.68. The van der Waals surface area contributed by atoms with Crippen LogP contribution in [0.1, 0.15) is 33.2 Å². The fourth-order valence-electron chi connectivity index (χ4n) is 4.62. The Kier molecular flexibility index (Phi) is 5.56. The zero-order valence-electron chi connectivity index (χ0n) is 18.4. The number of hydrogen-bond donors (Lipinski definition) is 0. The highest BCUT2D eigenvalue weighted by Crippen LogP contribution is 2.53. The summed E-state index contributed by atoms with van der Waals surface area (Å²) < 4.78 is 9.83. The molecule has 0 radical (unpaired) electrons. The average molecular weight is 501 g/mol. The first kappa shape index (κ1) is 22.7. The van der Waals surface area contributed by atoms with E-state index in [1.54, 1.807) is 62.6 Å². The molecular formula is C24H21ClN2O6S. The van der Waals surface area contributed by atoms with Crippen molar-refractivity contribution >= 4 is 47.1 Å². The van der Waals surface area contributed by atoms with Gasteiger partial charge in [-0.2, -0.15) is 0 Å². The van der Waals surface area contributed by atoms with E-state index in [1.165, 1.54) is 16.7 Å². The number of hydrogen-bond acceptors (Lipinski definition) is 7. The van der Waals surface area contributed by atoms with Gasteiger partial charge < -0.3 is 14.4 Å². The molecule has 2 saturated heterocycles. The Bertz CT molecular complexity index is 1170. The molecule has 3 amide bonds. The highest BCUT2D eigenvalue weighted by molar-refractivity contribution is 8.01. The Balaban J connectivity index is 1.35. The summed E-state index contributed by atoms with van der Waals surface area (Å²) in [7, 11) is 1.56. The molecule has 2 unspecified atom stereocenters.